The highest BCUT2D eigenvalue weighted by Gasteiger charge is 2.37. The first-order chi connectivity index (χ1) is 15.8. The average Bonchev–Trinajstić information content (AvgIpc) is 3.08. The molecule has 0 bridgehead atoms. The molecular weight excluding hydrogens is 455 g/mol. The van der Waals surface area contributed by atoms with Crippen molar-refractivity contribution in [2.45, 2.75) is 50.8 Å². The lowest BCUT2D eigenvalue weighted by Crippen LogP contribution is -2.43. The highest BCUT2D eigenvalue weighted by molar-refractivity contribution is 5.92. The fraction of sp³-hybridized carbons (Fsp3) is 0.400. The number of aliphatic hydroxyl groups is 1. The molecule has 3 aromatic rings. The van der Waals surface area contributed by atoms with Gasteiger partial charge in [0, 0.05) is 11.9 Å². The van der Waals surface area contributed by atoms with E-state index in [0.29, 0.717) is 48.7 Å². The maximum Gasteiger partial charge on any atom is 0.416 e. The smallest absolute Gasteiger partial charge is 0.381 e. The predicted octanol–water partition coefficient (Wildman–Crippen LogP) is 5.90. The van der Waals surface area contributed by atoms with Gasteiger partial charge >= 0.3 is 6.18 Å². The van der Waals surface area contributed by atoms with Crippen LogP contribution < -0.4 is 5.32 Å². The standard InChI is InChI=1S/C25H25F5N2O2/c1-24(2,34)23(33)31-8-7-13-9-15(10-13)20-18-11-16(25(28,29)30)12-19(27)22(18)32-21(20)14-3-5-17(26)6-4-14/h3-6,11-13,15,32,34H,7-10H2,1-2H3,(H,31,33). The maximum absolute atomic E-state index is 14.7. The van der Waals surface area contributed by atoms with E-state index in [4.69, 9.17) is 0 Å². The number of aromatic nitrogens is 1. The summed E-state index contributed by atoms with van der Waals surface area (Å²) < 4.78 is 68.3. The van der Waals surface area contributed by atoms with Crippen LogP contribution in [0.3, 0.4) is 0 Å². The van der Waals surface area contributed by atoms with Gasteiger partial charge in [-0.05, 0) is 92.5 Å². The second kappa shape index (κ2) is 8.69. The summed E-state index contributed by atoms with van der Waals surface area (Å²) in [6.07, 6.45) is -2.75. The molecule has 0 unspecified atom stereocenters. The number of nitrogens with one attached hydrogen (secondary N) is 2. The van der Waals surface area contributed by atoms with Crippen molar-refractivity contribution in [3.05, 3.63) is 59.2 Å². The Hall–Kier alpha value is -2.94. The Morgan fingerprint density at radius 2 is 1.76 bits per heavy atom. The van der Waals surface area contributed by atoms with Gasteiger partial charge in [-0.3, -0.25) is 4.79 Å². The second-order valence-electron chi connectivity index (χ2n) is 9.44. The summed E-state index contributed by atoms with van der Waals surface area (Å²) in [6.45, 7) is 3.15. The Morgan fingerprint density at radius 3 is 2.35 bits per heavy atom. The van der Waals surface area contributed by atoms with Gasteiger partial charge in [-0.2, -0.15) is 13.2 Å². The molecule has 0 aliphatic heterocycles. The van der Waals surface area contributed by atoms with Crippen molar-refractivity contribution in [1.29, 1.82) is 0 Å². The van der Waals surface area contributed by atoms with Crippen LogP contribution in [0.25, 0.3) is 22.2 Å². The number of rotatable bonds is 6. The third kappa shape index (κ3) is 4.80. The Balaban J connectivity index is 1.63. The van der Waals surface area contributed by atoms with Gasteiger partial charge in [-0.25, -0.2) is 8.78 Å². The van der Waals surface area contributed by atoms with Gasteiger partial charge in [0.2, 0.25) is 0 Å². The number of halogens is 5. The molecule has 0 spiro atoms. The first-order valence-electron chi connectivity index (χ1n) is 11.0. The molecule has 4 rings (SSSR count). The van der Waals surface area contributed by atoms with Gasteiger partial charge in [0.05, 0.1) is 16.8 Å². The minimum Gasteiger partial charge on any atom is -0.381 e. The van der Waals surface area contributed by atoms with Crippen LogP contribution in [0.2, 0.25) is 0 Å². The van der Waals surface area contributed by atoms with Crippen LogP contribution in [0.4, 0.5) is 22.0 Å². The first-order valence-corrected chi connectivity index (χ1v) is 11.0. The summed E-state index contributed by atoms with van der Waals surface area (Å²) in [5.74, 6) is -1.83. The fourth-order valence-electron chi connectivity index (χ4n) is 4.52. The van der Waals surface area contributed by atoms with Crippen LogP contribution in [-0.4, -0.2) is 28.1 Å². The highest BCUT2D eigenvalue weighted by atomic mass is 19.4. The van der Waals surface area contributed by atoms with Gasteiger partial charge in [-0.1, -0.05) is 0 Å². The van der Waals surface area contributed by atoms with Crippen molar-refractivity contribution < 1.29 is 31.9 Å². The zero-order valence-electron chi connectivity index (χ0n) is 18.7. The number of hydrogen-bond donors (Lipinski definition) is 3. The lowest BCUT2D eigenvalue weighted by Gasteiger charge is -2.36. The van der Waals surface area contributed by atoms with E-state index < -0.39 is 34.9 Å². The monoisotopic (exact) mass is 480 g/mol. The molecule has 1 aromatic heterocycles. The van der Waals surface area contributed by atoms with Crippen molar-refractivity contribution in [3.8, 4) is 11.3 Å². The van der Waals surface area contributed by atoms with E-state index in [1.54, 1.807) is 0 Å². The molecule has 0 atom stereocenters. The molecule has 1 fully saturated rings. The molecule has 182 valence electrons. The summed E-state index contributed by atoms with van der Waals surface area (Å²) in [7, 11) is 0. The number of carbonyl (C=O) groups excluding carboxylic acids is 1. The third-order valence-electron chi connectivity index (χ3n) is 6.40. The van der Waals surface area contributed by atoms with Crippen molar-refractivity contribution >= 4 is 16.8 Å². The SMILES string of the molecule is CC(C)(O)C(=O)NCCC1CC(c2c(-c3ccc(F)cc3)[nH]c3c(F)cc(C(F)(F)F)cc23)C1. The number of benzene rings is 2. The average molecular weight is 480 g/mol. The van der Waals surface area contributed by atoms with E-state index in [2.05, 4.69) is 10.3 Å². The quantitative estimate of drug-likeness (QED) is 0.385. The van der Waals surface area contributed by atoms with Crippen molar-refractivity contribution in [2.24, 2.45) is 5.92 Å². The van der Waals surface area contributed by atoms with Gasteiger partial charge in [0.15, 0.2) is 0 Å². The van der Waals surface area contributed by atoms with Gasteiger partial charge in [0.25, 0.3) is 5.91 Å². The van der Waals surface area contributed by atoms with Gasteiger partial charge in [0.1, 0.15) is 17.2 Å². The third-order valence-corrected chi connectivity index (χ3v) is 6.40. The number of alkyl halides is 3. The maximum atomic E-state index is 14.7. The Kier molecular flexibility index (Phi) is 6.18. The van der Waals surface area contributed by atoms with Gasteiger partial charge in [-0.15, -0.1) is 0 Å². The zero-order valence-corrected chi connectivity index (χ0v) is 18.7. The minimum absolute atomic E-state index is 0.0109. The number of aromatic amines is 1. The molecule has 0 radical (unpaired) electrons. The van der Waals surface area contributed by atoms with E-state index in [-0.39, 0.29) is 22.7 Å². The lowest BCUT2D eigenvalue weighted by atomic mass is 9.69. The van der Waals surface area contributed by atoms with E-state index in [1.807, 2.05) is 0 Å². The number of H-pyrrole nitrogens is 1. The molecule has 1 saturated carbocycles. The van der Waals surface area contributed by atoms with Crippen LogP contribution in [0, 0.1) is 17.6 Å². The van der Waals surface area contributed by atoms with Crippen LogP contribution in [-0.2, 0) is 11.0 Å². The van der Waals surface area contributed by atoms with E-state index in [0.717, 1.165) is 6.07 Å². The minimum atomic E-state index is -4.69. The second-order valence-corrected chi connectivity index (χ2v) is 9.44. The number of amides is 1. The normalized spacial score (nSPS) is 18.7. The fourth-order valence-corrected chi connectivity index (χ4v) is 4.52. The molecule has 0 saturated heterocycles. The molecule has 1 amide bonds. The van der Waals surface area contributed by atoms with E-state index in [9.17, 15) is 31.9 Å². The summed E-state index contributed by atoms with van der Waals surface area (Å²) in [6, 6.07) is 6.96. The molecule has 1 heterocycles. The predicted molar refractivity (Wildman–Crippen MR) is 118 cm³/mol. The Labute approximate surface area is 193 Å². The van der Waals surface area contributed by atoms with Crippen LogP contribution in [0.15, 0.2) is 36.4 Å². The summed E-state index contributed by atoms with van der Waals surface area (Å²) in [5, 5.41) is 12.5. The number of carbonyl (C=O) groups is 1. The highest BCUT2D eigenvalue weighted by Crippen LogP contribution is 2.49. The molecule has 9 heteroatoms. The summed E-state index contributed by atoms with van der Waals surface area (Å²) >= 11 is 0. The summed E-state index contributed by atoms with van der Waals surface area (Å²) in [4.78, 5) is 14.7. The van der Waals surface area contributed by atoms with E-state index in [1.165, 1.54) is 38.1 Å². The van der Waals surface area contributed by atoms with Crippen molar-refractivity contribution in [2.75, 3.05) is 6.54 Å². The Morgan fingerprint density at radius 1 is 1.12 bits per heavy atom. The molecular formula is C25H25F5N2O2. The zero-order chi connectivity index (χ0) is 24.8. The number of fused-ring (bicyclic) bond motifs is 1. The molecule has 1 aliphatic rings. The molecule has 4 nitrogen and oxygen atoms in total. The molecule has 1 aliphatic carbocycles. The summed E-state index contributed by atoms with van der Waals surface area (Å²) in [5.41, 5.74) is -0.926. The Bertz CT molecular complexity index is 1200. The van der Waals surface area contributed by atoms with Crippen molar-refractivity contribution in [3.63, 3.8) is 0 Å². The van der Waals surface area contributed by atoms with Crippen LogP contribution in [0.1, 0.15) is 50.2 Å². The molecule has 34 heavy (non-hydrogen) atoms. The first kappa shape index (κ1) is 24.2. The van der Waals surface area contributed by atoms with E-state index >= 15 is 0 Å². The largest absolute Gasteiger partial charge is 0.416 e. The van der Waals surface area contributed by atoms with Crippen LogP contribution in [0.5, 0.6) is 0 Å². The number of hydrogen-bond acceptors (Lipinski definition) is 2. The molecule has 3 N–H and O–H groups in total. The molecule has 2 aromatic carbocycles. The van der Waals surface area contributed by atoms with Crippen molar-refractivity contribution in [1.82, 2.24) is 10.3 Å². The topological polar surface area (TPSA) is 65.1 Å². The lowest BCUT2D eigenvalue weighted by molar-refractivity contribution is -0.137. The van der Waals surface area contributed by atoms with Crippen LogP contribution >= 0.6 is 0 Å². The van der Waals surface area contributed by atoms with Gasteiger partial charge < -0.3 is 15.4 Å².